The summed E-state index contributed by atoms with van der Waals surface area (Å²) in [5.74, 6) is 0.839. The summed E-state index contributed by atoms with van der Waals surface area (Å²) in [6.45, 7) is 6.11. The average molecular weight is 273 g/mol. The third kappa shape index (κ3) is 7.25. The van der Waals surface area contributed by atoms with Crippen LogP contribution in [0.3, 0.4) is 0 Å². The van der Waals surface area contributed by atoms with Gasteiger partial charge in [0, 0.05) is 19.7 Å². The molecule has 1 saturated carbocycles. The van der Waals surface area contributed by atoms with Gasteiger partial charge in [0.05, 0.1) is 25.4 Å². The lowest BCUT2D eigenvalue weighted by Crippen LogP contribution is -2.40. The van der Waals surface area contributed by atoms with Gasteiger partial charge in [-0.2, -0.15) is 0 Å². The summed E-state index contributed by atoms with van der Waals surface area (Å²) in [6, 6.07) is 0.315. The van der Waals surface area contributed by atoms with Crippen molar-refractivity contribution >= 4 is 0 Å². The zero-order valence-corrected chi connectivity index (χ0v) is 12.7. The number of aliphatic hydroxyl groups is 1. The Morgan fingerprint density at radius 2 is 1.89 bits per heavy atom. The molecule has 1 fully saturated rings. The Labute approximate surface area is 117 Å². The zero-order chi connectivity index (χ0) is 14.1. The van der Waals surface area contributed by atoms with E-state index in [0.717, 1.165) is 25.2 Å². The van der Waals surface area contributed by atoms with Gasteiger partial charge in [-0.1, -0.05) is 13.8 Å². The topological polar surface area (TPSA) is 50.7 Å². The Morgan fingerprint density at radius 3 is 2.47 bits per heavy atom. The minimum absolute atomic E-state index is 0.315. The smallest absolute Gasteiger partial charge is 0.0897 e. The van der Waals surface area contributed by atoms with Crippen LogP contribution in [0.1, 0.15) is 46.0 Å². The van der Waals surface area contributed by atoms with Crippen molar-refractivity contribution < 1.29 is 14.6 Å². The lowest BCUT2D eigenvalue weighted by Gasteiger charge is -2.27. The van der Waals surface area contributed by atoms with E-state index in [1.165, 1.54) is 12.8 Å². The minimum Gasteiger partial charge on any atom is -0.389 e. The number of nitrogens with one attached hydrogen (secondary N) is 1. The van der Waals surface area contributed by atoms with Crippen molar-refractivity contribution in [1.82, 2.24) is 5.32 Å². The van der Waals surface area contributed by atoms with Gasteiger partial charge in [-0.05, 0) is 38.0 Å². The second-order valence-corrected chi connectivity index (χ2v) is 5.84. The summed E-state index contributed by atoms with van der Waals surface area (Å²) in [7, 11) is 1.70. The molecule has 2 atom stereocenters. The summed E-state index contributed by atoms with van der Waals surface area (Å²) >= 11 is 0. The third-order valence-corrected chi connectivity index (χ3v) is 3.99. The van der Waals surface area contributed by atoms with E-state index in [-0.39, 0.29) is 0 Å². The second kappa shape index (κ2) is 9.70. The van der Waals surface area contributed by atoms with E-state index in [1.54, 1.807) is 7.11 Å². The van der Waals surface area contributed by atoms with Crippen LogP contribution < -0.4 is 5.32 Å². The molecular formula is C15H31NO3. The number of ether oxygens (including phenoxy) is 2. The molecule has 0 aromatic carbocycles. The Kier molecular flexibility index (Phi) is 8.62. The molecule has 0 bridgehead atoms. The van der Waals surface area contributed by atoms with Gasteiger partial charge in [-0.25, -0.2) is 0 Å². The molecule has 19 heavy (non-hydrogen) atoms. The third-order valence-electron chi connectivity index (χ3n) is 3.99. The van der Waals surface area contributed by atoms with E-state index in [1.807, 2.05) is 0 Å². The average Bonchev–Trinajstić information content (AvgIpc) is 2.42. The van der Waals surface area contributed by atoms with E-state index >= 15 is 0 Å². The summed E-state index contributed by atoms with van der Waals surface area (Å²) in [4.78, 5) is 0. The first kappa shape index (κ1) is 16.9. The number of hydrogen-bond acceptors (Lipinski definition) is 4. The molecule has 0 spiro atoms. The van der Waals surface area contributed by atoms with Crippen molar-refractivity contribution in [2.75, 3.05) is 26.9 Å². The maximum absolute atomic E-state index is 9.92. The van der Waals surface area contributed by atoms with E-state index in [9.17, 15) is 5.11 Å². The number of hydrogen-bond donors (Lipinski definition) is 2. The quantitative estimate of drug-likeness (QED) is 0.674. The highest BCUT2D eigenvalue weighted by atomic mass is 16.5. The molecule has 0 aliphatic heterocycles. The van der Waals surface area contributed by atoms with Gasteiger partial charge in [0.1, 0.15) is 0 Å². The largest absolute Gasteiger partial charge is 0.389 e. The second-order valence-electron chi connectivity index (χ2n) is 5.84. The van der Waals surface area contributed by atoms with Crippen molar-refractivity contribution in [1.29, 1.82) is 0 Å². The molecule has 4 heteroatoms. The van der Waals surface area contributed by atoms with Crippen LogP contribution in [0.15, 0.2) is 0 Å². The first-order valence-corrected chi connectivity index (χ1v) is 7.67. The van der Waals surface area contributed by atoms with Crippen molar-refractivity contribution in [3.8, 4) is 0 Å². The molecule has 0 aromatic rings. The first-order valence-electron chi connectivity index (χ1n) is 7.67. The molecule has 2 unspecified atom stereocenters. The van der Waals surface area contributed by atoms with Crippen molar-refractivity contribution in [3.63, 3.8) is 0 Å². The fourth-order valence-electron chi connectivity index (χ4n) is 2.53. The standard InChI is InChI=1S/C15H31NO3/c1-4-13(10-18-3)16-9-14(17)11-19-15-7-5-12(2)6-8-15/h12-17H,4-11H2,1-3H3. The molecule has 0 saturated heterocycles. The highest BCUT2D eigenvalue weighted by Crippen LogP contribution is 2.25. The molecule has 0 heterocycles. The molecule has 2 N–H and O–H groups in total. The van der Waals surface area contributed by atoms with Crippen LogP contribution in [0.25, 0.3) is 0 Å². The Balaban J connectivity index is 2.08. The molecule has 1 rings (SSSR count). The molecule has 0 radical (unpaired) electrons. The fourth-order valence-corrected chi connectivity index (χ4v) is 2.53. The number of rotatable bonds is 9. The highest BCUT2D eigenvalue weighted by molar-refractivity contribution is 4.72. The van der Waals surface area contributed by atoms with Gasteiger partial charge in [0.25, 0.3) is 0 Å². The number of methoxy groups -OCH3 is 1. The summed E-state index contributed by atoms with van der Waals surface area (Å²) in [5.41, 5.74) is 0. The lowest BCUT2D eigenvalue weighted by atomic mass is 9.89. The van der Waals surface area contributed by atoms with Crippen LogP contribution in [-0.4, -0.2) is 50.2 Å². The summed E-state index contributed by atoms with van der Waals surface area (Å²) < 4.78 is 10.9. The maximum Gasteiger partial charge on any atom is 0.0897 e. The summed E-state index contributed by atoms with van der Waals surface area (Å²) in [5, 5.41) is 13.2. The molecule has 4 nitrogen and oxygen atoms in total. The van der Waals surface area contributed by atoms with Gasteiger partial charge >= 0.3 is 0 Å². The Bertz CT molecular complexity index is 217. The van der Waals surface area contributed by atoms with Crippen molar-refractivity contribution in [2.45, 2.75) is 64.2 Å². The molecule has 0 amide bonds. The van der Waals surface area contributed by atoms with Crippen LogP contribution in [0.4, 0.5) is 0 Å². The van der Waals surface area contributed by atoms with Gasteiger partial charge in [0.2, 0.25) is 0 Å². The molecule has 1 aliphatic rings. The monoisotopic (exact) mass is 273 g/mol. The number of aliphatic hydroxyl groups excluding tert-OH is 1. The van der Waals surface area contributed by atoms with Crippen molar-refractivity contribution in [3.05, 3.63) is 0 Å². The highest BCUT2D eigenvalue weighted by Gasteiger charge is 2.19. The maximum atomic E-state index is 9.92. The van der Waals surface area contributed by atoms with Crippen LogP contribution in [-0.2, 0) is 9.47 Å². The van der Waals surface area contributed by atoms with E-state index in [2.05, 4.69) is 19.2 Å². The van der Waals surface area contributed by atoms with Crippen LogP contribution >= 0.6 is 0 Å². The first-order chi connectivity index (χ1) is 9.15. The molecule has 1 aliphatic carbocycles. The normalized spacial score (nSPS) is 27.2. The van der Waals surface area contributed by atoms with E-state index in [0.29, 0.717) is 31.9 Å². The van der Waals surface area contributed by atoms with Gasteiger partial charge in [-0.15, -0.1) is 0 Å². The van der Waals surface area contributed by atoms with Gasteiger partial charge < -0.3 is 19.9 Å². The zero-order valence-electron chi connectivity index (χ0n) is 12.7. The summed E-state index contributed by atoms with van der Waals surface area (Å²) in [6.07, 6.45) is 5.72. The molecular weight excluding hydrogens is 242 g/mol. The van der Waals surface area contributed by atoms with Crippen LogP contribution in [0, 0.1) is 5.92 Å². The Morgan fingerprint density at radius 1 is 1.21 bits per heavy atom. The van der Waals surface area contributed by atoms with E-state index in [4.69, 9.17) is 9.47 Å². The molecule has 114 valence electrons. The van der Waals surface area contributed by atoms with Crippen molar-refractivity contribution in [2.24, 2.45) is 5.92 Å². The van der Waals surface area contributed by atoms with Gasteiger partial charge in [-0.3, -0.25) is 0 Å². The molecule has 0 aromatic heterocycles. The van der Waals surface area contributed by atoms with E-state index < -0.39 is 6.10 Å². The van der Waals surface area contributed by atoms with Gasteiger partial charge in [0.15, 0.2) is 0 Å². The lowest BCUT2D eigenvalue weighted by molar-refractivity contribution is -0.0289. The SMILES string of the molecule is CCC(COC)NCC(O)COC1CCC(C)CC1. The fraction of sp³-hybridized carbons (Fsp3) is 1.00. The van der Waals surface area contributed by atoms with Crippen LogP contribution in [0.5, 0.6) is 0 Å². The Hall–Kier alpha value is -0.160. The van der Waals surface area contributed by atoms with Crippen LogP contribution in [0.2, 0.25) is 0 Å². The predicted molar refractivity (Wildman–Crippen MR) is 77.3 cm³/mol. The predicted octanol–water partition coefficient (Wildman–Crippen LogP) is 1.96. The minimum atomic E-state index is -0.426.